The summed E-state index contributed by atoms with van der Waals surface area (Å²) in [5, 5.41) is 8.88. The molecule has 0 unspecified atom stereocenters. The molecular weight excluding hydrogens is 708 g/mol. The SMILES string of the molecule is CN1CCN(C(=O)c2cc(C(=O)NCCNCCN3C(=O)c4cccc5cccc(c45)C3=O)cc(N3C(=O)c4cccc5cccc(c45)C3=O)c2)CC1.Cl. The van der Waals surface area contributed by atoms with Crippen molar-refractivity contribution in [3.8, 4) is 0 Å². The average Bonchev–Trinajstić information content (AvgIpc) is 3.18. The highest BCUT2D eigenvalue weighted by Crippen LogP contribution is 2.34. The van der Waals surface area contributed by atoms with Crippen molar-refractivity contribution in [3.05, 3.63) is 124 Å². The number of rotatable bonds is 9. The zero-order valence-electron chi connectivity index (χ0n) is 29.5. The van der Waals surface area contributed by atoms with Crippen molar-refractivity contribution < 1.29 is 28.8 Å². The second kappa shape index (κ2) is 14.8. The number of hydrogen-bond acceptors (Lipinski definition) is 8. The molecule has 3 heterocycles. The first-order valence-electron chi connectivity index (χ1n) is 17.6. The van der Waals surface area contributed by atoms with E-state index in [-0.39, 0.29) is 60.0 Å². The molecule has 12 nitrogen and oxygen atoms in total. The molecule has 5 aromatic carbocycles. The van der Waals surface area contributed by atoms with Crippen molar-refractivity contribution in [1.29, 1.82) is 0 Å². The molecule has 1 fully saturated rings. The molecular formula is C41H37ClN6O6. The van der Waals surface area contributed by atoms with Gasteiger partial charge in [0, 0.05) is 96.5 Å². The van der Waals surface area contributed by atoms with Gasteiger partial charge in [-0.25, -0.2) is 4.90 Å². The van der Waals surface area contributed by atoms with Gasteiger partial charge in [0.25, 0.3) is 35.4 Å². The van der Waals surface area contributed by atoms with Crippen LogP contribution in [0.4, 0.5) is 5.69 Å². The zero-order chi connectivity index (χ0) is 36.8. The molecule has 274 valence electrons. The number of anilines is 1. The summed E-state index contributed by atoms with van der Waals surface area (Å²) in [6.07, 6.45) is 0. The number of nitrogens with zero attached hydrogens (tertiary/aromatic N) is 4. The summed E-state index contributed by atoms with van der Waals surface area (Å²) in [7, 11) is 1.98. The van der Waals surface area contributed by atoms with Gasteiger partial charge >= 0.3 is 0 Å². The number of carbonyl (C=O) groups excluding carboxylic acids is 6. The van der Waals surface area contributed by atoms with Gasteiger partial charge < -0.3 is 20.4 Å². The van der Waals surface area contributed by atoms with E-state index in [0.29, 0.717) is 72.3 Å². The topological polar surface area (TPSA) is 139 Å². The van der Waals surface area contributed by atoms with Crippen LogP contribution in [0.5, 0.6) is 0 Å². The number of likely N-dealkylation sites (N-methyl/N-ethyl adjacent to an activating group) is 1. The third kappa shape index (κ3) is 6.38. The van der Waals surface area contributed by atoms with Crippen molar-refractivity contribution in [3.63, 3.8) is 0 Å². The van der Waals surface area contributed by atoms with Gasteiger partial charge in [0.05, 0.1) is 5.69 Å². The first kappa shape index (κ1) is 36.4. The summed E-state index contributed by atoms with van der Waals surface area (Å²) in [5.41, 5.74) is 2.15. The first-order chi connectivity index (χ1) is 25.7. The number of carbonyl (C=O) groups is 6. The Morgan fingerprint density at radius 3 is 1.65 bits per heavy atom. The Bertz CT molecular complexity index is 2290. The minimum atomic E-state index is -0.537. The highest BCUT2D eigenvalue weighted by molar-refractivity contribution is 6.36. The maximum atomic E-state index is 13.9. The Labute approximate surface area is 317 Å². The Morgan fingerprint density at radius 1 is 0.611 bits per heavy atom. The van der Waals surface area contributed by atoms with E-state index in [2.05, 4.69) is 15.5 Å². The predicted octanol–water partition coefficient (Wildman–Crippen LogP) is 4.22. The third-order valence-corrected chi connectivity index (χ3v) is 10.2. The molecule has 0 aromatic heterocycles. The third-order valence-electron chi connectivity index (χ3n) is 10.2. The fraction of sp³-hybridized carbons (Fsp3) is 0.220. The fourth-order valence-corrected chi connectivity index (χ4v) is 7.42. The molecule has 0 spiro atoms. The second-order valence-electron chi connectivity index (χ2n) is 13.5. The molecule has 6 amide bonds. The van der Waals surface area contributed by atoms with E-state index in [4.69, 9.17) is 0 Å². The fourth-order valence-electron chi connectivity index (χ4n) is 7.42. The Hall–Kier alpha value is -5.95. The lowest BCUT2D eigenvalue weighted by Gasteiger charge is -2.33. The molecule has 0 radical (unpaired) electrons. The molecule has 0 bridgehead atoms. The van der Waals surface area contributed by atoms with Crippen LogP contribution < -0.4 is 15.5 Å². The van der Waals surface area contributed by atoms with E-state index in [0.717, 1.165) is 15.7 Å². The van der Waals surface area contributed by atoms with E-state index in [1.165, 1.54) is 23.1 Å². The van der Waals surface area contributed by atoms with E-state index < -0.39 is 17.7 Å². The first-order valence-corrected chi connectivity index (χ1v) is 17.6. The maximum absolute atomic E-state index is 13.9. The molecule has 13 heteroatoms. The number of imide groups is 2. The van der Waals surface area contributed by atoms with Crippen LogP contribution in [0.15, 0.2) is 91.0 Å². The molecule has 5 aromatic rings. The lowest BCUT2D eigenvalue weighted by Crippen LogP contribution is -2.47. The van der Waals surface area contributed by atoms with Gasteiger partial charge in [0.2, 0.25) is 0 Å². The largest absolute Gasteiger partial charge is 0.351 e. The number of hydrogen-bond donors (Lipinski definition) is 2. The minimum absolute atomic E-state index is 0. The van der Waals surface area contributed by atoms with Crippen LogP contribution in [0.1, 0.15) is 62.1 Å². The molecule has 0 aliphatic carbocycles. The summed E-state index contributed by atoms with van der Waals surface area (Å²) in [5.74, 6) is -2.55. The molecule has 0 saturated carbocycles. The lowest BCUT2D eigenvalue weighted by atomic mass is 9.93. The summed E-state index contributed by atoms with van der Waals surface area (Å²) in [4.78, 5) is 87.7. The highest BCUT2D eigenvalue weighted by atomic mass is 35.5. The normalized spacial score (nSPS) is 15.5. The van der Waals surface area contributed by atoms with Gasteiger partial charge in [0.15, 0.2) is 0 Å². The second-order valence-corrected chi connectivity index (χ2v) is 13.5. The van der Waals surface area contributed by atoms with Gasteiger partial charge in [-0.2, -0.15) is 0 Å². The maximum Gasteiger partial charge on any atom is 0.265 e. The van der Waals surface area contributed by atoms with Crippen molar-refractivity contribution in [1.82, 2.24) is 25.3 Å². The lowest BCUT2D eigenvalue weighted by molar-refractivity contribution is 0.0609. The molecule has 54 heavy (non-hydrogen) atoms. The van der Waals surface area contributed by atoms with Gasteiger partial charge in [-0.1, -0.05) is 48.5 Å². The van der Waals surface area contributed by atoms with Gasteiger partial charge in [0.1, 0.15) is 0 Å². The molecule has 3 aliphatic rings. The molecule has 2 N–H and O–H groups in total. The van der Waals surface area contributed by atoms with Crippen LogP contribution in [-0.2, 0) is 0 Å². The van der Waals surface area contributed by atoms with E-state index >= 15 is 0 Å². The summed E-state index contributed by atoms with van der Waals surface area (Å²) >= 11 is 0. The van der Waals surface area contributed by atoms with E-state index in [9.17, 15) is 28.8 Å². The quantitative estimate of drug-likeness (QED) is 0.169. The summed E-state index contributed by atoms with van der Waals surface area (Å²) in [6.45, 7) is 3.35. The van der Waals surface area contributed by atoms with Crippen molar-refractivity contribution in [2.75, 3.05) is 64.3 Å². The molecule has 1 saturated heterocycles. The monoisotopic (exact) mass is 744 g/mol. The number of piperazine rings is 1. The molecule has 8 rings (SSSR count). The van der Waals surface area contributed by atoms with Crippen LogP contribution in [-0.4, -0.2) is 110 Å². The van der Waals surface area contributed by atoms with Crippen molar-refractivity contribution in [2.45, 2.75) is 0 Å². The Kier molecular flexibility index (Phi) is 9.99. The van der Waals surface area contributed by atoms with Crippen LogP contribution in [0.3, 0.4) is 0 Å². The minimum Gasteiger partial charge on any atom is -0.351 e. The van der Waals surface area contributed by atoms with E-state index in [1.807, 2.05) is 31.3 Å². The molecule has 3 aliphatic heterocycles. The number of amides is 6. The predicted molar refractivity (Wildman–Crippen MR) is 207 cm³/mol. The summed E-state index contributed by atoms with van der Waals surface area (Å²) in [6, 6.07) is 25.8. The van der Waals surface area contributed by atoms with Gasteiger partial charge in [-0.05, 0) is 60.3 Å². The van der Waals surface area contributed by atoms with Crippen LogP contribution in [0, 0.1) is 0 Å². The molecule has 0 atom stereocenters. The van der Waals surface area contributed by atoms with Crippen LogP contribution in [0.2, 0.25) is 0 Å². The number of benzene rings is 5. The standard InChI is InChI=1S/C41H36N6O6.ClH/c1-44-18-20-45(21-19-44)37(49)28-22-27(23-29(24-28)47-40(52)32-12-4-8-26-9-5-13-33(35(26)32)41(47)53)36(48)43-15-14-42-16-17-46-38(50)30-10-2-6-25-7-3-11-31(34(25)30)39(46)51;/h2-13,22-24,42H,14-21H2,1H3,(H,43,48);1H. The van der Waals surface area contributed by atoms with Crippen molar-refractivity contribution in [2.24, 2.45) is 0 Å². The van der Waals surface area contributed by atoms with Crippen LogP contribution >= 0.6 is 12.4 Å². The van der Waals surface area contributed by atoms with Gasteiger partial charge in [-0.3, -0.25) is 33.7 Å². The van der Waals surface area contributed by atoms with Gasteiger partial charge in [-0.15, -0.1) is 12.4 Å². The average molecular weight is 745 g/mol. The van der Waals surface area contributed by atoms with E-state index in [1.54, 1.807) is 53.4 Å². The van der Waals surface area contributed by atoms with Crippen LogP contribution in [0.25, 0.3) is 21.5 Å². The van der Waals surface area contributed by atoms with Crippen molar-refractivity contribution >= 4 is 75.1 Å². The number of nitrogens with one attached hydrogen (secondary N) is 2. The Morgan fingerprint density at radius 2 is 1.11 bits per heavy atom. The summed E-state index contributed by atoms with van der Waals surface area (Å²) < 4.78 is 0. The highest BCUT2D eigenvalue weighted by Gasteiger charge is 2.35. The number of halogens is 1. The zero-order valence-corrected chi connectivity index (χ0v) is 30.3. The smallest absolute Gasteiger partial charge is 0.265 e. The Balaban J connectivity index is 0.00000450.